The van der Waals surface area contributed by atoms with Gasteiger partial charge in [-0.3, -0.25) is 0 Å². The van der Waals surface area contributed by atoms with E-state index in [0.717, 1.165) is 30.8 Å². The number of sulfonamides is 1. The summed E-state index contributed by atoms with van der Waals surface area (Å²) in [7, 11) is -3.62. The Labute approximate surface area is 128 Å². The molecule has 2 rings (SSSR count). The standard InChI is InChI=1S/C13H20N2O4S2/c1-9(2)15-4-3-10(7-15)6-14-21(18,19)11-5-12(13(16)17)20-8-11/h5,8-10,14H,3-4,6-7H2,1-2H3,(H,16,17). The maximum atomic E-state index is 12.1. The normalized spacial score (nSPS) is 20.2. The number of aromatic carboxylic acids is 1. The quantitative estimate of drug-likeness (QED) is 0.823. The average Bonchev–Trinajstić information content (AvgIpc) is 3.06. The van der Waals surface area contributed by atoms with E-state index in [-0.39, 0.29) is 9.77 Å². The molecule has 1 aliphatic heterocycles. The van der Waals surface area contributed by atoms with Gasteiger partial charge in [-0.2, -0.15) is 0 Å². The van der Waals surface area contributed by atoms with Gasteiger partial charge < -0.3 is 10.0 Å². The molecule has 0 aliphatic carbocycles. The lowest BCUT2D eigenvalue weighted by atomic mass is 10.1. The molecule has 0 amide bonds. The van der Waals surface area contributed by atoms with Crippen molar-refractivity contribution in [3.63, 3.8) is 0 Å². The molecule has 0 saturated carbocycles. The zero-order valence-corrected chi connectivity index (χ0v) is 13.7. The van der Waals surface area contributed by atoms with Crippen molar-refractivity contribution in [2.45, 2.75) is 31.2 Å². The molecular formula is C13H20N2O4S2. The molecule has 1 saturated heterocycles. The lowest BCUT2D eigenvalue weighted by Gasteiger charge is -2.20. The lowest BCUT2D eigenvalue weighted by molar-refractivity contribution is 0.0702. The van der Waals surface area contributed by atoms with Gasteiger partial charge in [-0.25, -0.2) is 17.9 Å². The molecular weight excluding hydrogens is 312 g/mol. The van der Waals surface area contributed by atoms with Gasteiger partial charge in [0.05, 0.1) is 4.90 Å². The first-order valence-corrected chi connectivity index (χ1v) is 9.21. The molecule has 6 nitrogen and oxygen atoms in total. The number of hydrogen-bond donors (Lipinski definition) is 2. The zero-order valence-electron chi connectivity index (χ0n) is 12.1. The van der Waals surface area contributed by atoms with Gasteiger partial charge in [0.2, 0.25) is 10.0 Å². The van der Waals surface area contributed by atoms with Crippen molar-refractivity contribution in [3.8, 4) is 0 Å². The van der Waals surface area contributed by atoms with Gasteiger partial charge >= 0.3 is 5.97 Å². The molecule has 1 aliphatic rings. The minimum atomic E-state index is -3.62. The van der Waals surface area contributed by atoms with Gasteiger partial charge in [0, 0.05) is 24.5 Å². The zero-order chi connectivity index (χ0) is 15.6. The van der Waals surface area contributed by atoms with Gasteiger partial charge in [0.25, 0.3) is 0 Å². The summed E-state index contributed by atoms with van der Waals surface area (Å²) >= 11 is 0.920. The molecule has 0 radical (unpaired) electrons. The SMILES string of the molecule is CC(C)N1CCC(CNS(=O)(=O)c2csc(C(=O)O)c2)C1. The number of hydrogen-bond acceptors (Lipinski definition) is 5. The molecule has 8 heteroatoms. The smallest absolute Gasteiger partial charge is 0.345 e. The van der Waals surface area contributed by atoms with Gasteiger partial charge in [-0.1, -0.05) is 0 Å². The summed E-state index contributed by atoms with van der Waals surface area (Å²) in [4.78, 5) is 13.2. The molecule has 2 heterocycles. The van der Waals surface area contributed by atoms with Crippen LogP contribution in [0.4, 0.5) is 0 Å². The van der Waals surface area contributed by atoms with Crippen molar-refractivity contribution >= 4 is 27.3 Å². The summed E-state index contributed by atoms with van der Waals surface area (Å²) in [6, 6.07) is 1.67. The van der Waals surface area contributed by atoms with E-state index in [1.54, 1.807) is 0 Å². The molecule has 0 spiro atoms. The molecule has 118 valence electrons. The van der Waals surface area contributed by atoms with Crippen LogP contribution in [0.15, 0.2) is 16.3 Å². The van der Waals surface area contributed by atoms with Gasteiger partial charge in [-0.15, -0.1) is 11.3 Å². The number of likely N-dealkylation sites (tertiary alicyclic amines) is 1. The maximum absolute atomic E-state index is 12.1. The maximum Gasteiger partial charge on any atom is 0.345 e. The largest absolute Gasteiger partial charge is 0.477 e. The van der Waals surface area contributed by atoms with Gasteiger partial charge in [-0.05, 0) is 38.8 Å². The summed E-state index contributed by atoms with van der Waals surface area (Å²) in [5.74, 6) is -0.801. The molecule has 1 aromatic rings. The van der Waals surface area contributed by atoms with Crippen LogP contribution in [0.5, 0.6) is 0 Å². The third kappa shape index (κ3) is 4.03. The van der Waals surface area contributed by atoms with E-state index in [2.05, 4.69) is 23.5 Å². The Bertz CT molecular complexity index is 609. The highest BCUT2D eigenvalue weighted by Gasteiger charge is 2.26. The third-order valence-electron chi connectivity index (χ3n) is 3.71. The molecule has 1 fully saturated rings. The lowest BCUT2D eigenvalue weighted by Crippen LogP contribution is -2.32. The van der Waals surface area contributed by atoms with E-state index in [1.165, 1.54) is 11.4 Å². The minimum Gasteiger partial charge on any atom is -0.477 e. The highest BCUT2D eigenvalue weighted by Crippen LogP contribution is 2.21. The fraction of sp³-hybridized carbons (Fsp3) is 0.615. The van der Waals surface area contributed by atoms with Crippen LogP contribution in [0.2, 0.25) is 0 Å². The van der Waals surface area contributed by atoms with Crippen LogP contribution in [0, 0.1) is 5.92 Å². The van der Waals surface area contributed by atoms with Crippen LogP contribution in [-0.2, 0) is 10.0 Å². The minimum absolute atomic E-state index is 0.0298. The van der Waals surface area contributed by atoms with E-state index >= 15 is 0 Å². The predicted octanol–water partition coefficient (Wildman–Crippen LogP) is 1.45. The Morgan fingerprint density at radius 3 is 2.81 bits per heavy atom. The van der Waals surface area contributed by atoms with Gasteiger partial charge in [0.15, 0.2) is 0 Å². The fourth-order valence-corrected chi connectivity index (χ4v) is 4.61. The van der Waals surface area contributed by atoms with Crippen LogP contribution in [0.25, 0.3) is 0 Å². The summed E-state index contributed by atoms with van der Waals surface area (Å²) in [5, 5.41) is 10.2. The molecule has 0 aromatic carbocycles. The first kappa shape index (κ1) is 16.4. The van der Waals surface area contributed by atoms with Crippen LogP contribution in [0.1, 0.15) is 29.9 Å². The van der Waals surface area contributed by atoms with Crippen molar-refractivity contribution in [1.29, 1.82) is 0 Å². The number of nitrogens with one attached hydrogen (secondary N) is 1. The Hall–Kier alpha value is -0.960. The van der Waals surface area contributed by atoms with E-state index in [0.29, 0.717) is 18.5 Å². The monoisotopic (exact) mass is 332 g/mol. The van der Waals surface area contributed by atoms with E-state index < -0.39 is 16.0 Å². The first-order chi connectivity index (χ1) is 9.79. The topological polar surface area (TPSA) is 86.7 Å². The molecule has 2 N–H and O–H groups in total. The Morgan fingerprint density at radius 1 is 1.57 bits per heavy atom. The Kier molecular flexibility index (Phi) is 5.03. The second-order valence-electron chi connectivity index (χ2n) is 5.55. The van der Waals surface area contributed by atoms with Crippen LogP contribution < -0.4 is 4.72 Å². The molecule has 1 atom stereocenters. The second-order valence-corrected chi connectivity index (χ2v) is 8.23. The Balaban J connectivity index is 1.94. The van der Waals surface area contributed by atoms with Crippen molar-refractivity contribution < 1.29 is 18.3 Å². The van der Waals surface area contributed by atoms with Crippen LogP contribution in [-0.4, -0.2) is 50.1 Å². The van der Waals surface area contributed by atoms with Crippen molar-refractivity contribution in [1.82, 2.24) is 9.62 Å². The number of carboxylic acids is 1. The fourth-order valence-electron chi connectivity index (χ4n) is 2.38. The van der Waals surface area contributed by atoms with Gasteiger partial charge in [0.1, 0.15) is 4.88 Å². The molecule has 1 unspecified atom stereocenters. The van der Waals surface area contributed by atoms with Crippen molar-refractivity contribution in [2.24, 2.45) is 5.92 Å². The average molecular weight is 332 g/mol. The van der Waals surface area contributed by atoms with Crippen LogP contribution in [0.3, 0.4) is 0 Å². The summed E-state index contributed by atoms with van der Waals surface area (Å²) in [5.41, 5.74) is 0. The number of carboxylic acid groups (broad SMARTS) is 1. The summed E-state index contributed by atoms with van der Waals surface area (Å²) in [6.45, 7) is 6.54. The van der Waals surface area contributed by atoms with Crippen molar-refractivity contribution in [3.05, 3.63) is 16.3 Å². The summed E-state index contributed by atoms with van der Waals surface area (Å²) in [6.07, 6.45) is 0.977. The molecule has 21 heavy (non-hydrogen) atoms. The predicted molar refractivity (Wildman–Crippen MR) is 81.3 cm³/mol. The first-order valence-electron chi connectivity index (χ1n) is 6.85. The van der Waals surface area contributed by atoms with Crippen molar-refractivity contribution in [2.75, 3.05) is 19.6 Å². The second kappa shape index (κ2) is 6.43. The van der Waals surface area contributed by atoms with E-state index in [4.69, 9.17) is 5.11 Å². The third-order valence-corrected chi connectivity index (χ3v) is 6.18. The van der Waals surface area contributed by atoms with Crippen LogP contribution >= 0.6 is 11.3 Å². The summed E-state index contributed by atoms with van der Waals surface area (Å²) < 4.78 is 26.8. The highest BCUT2D eigenvalue weighted by atomic mass is 32.2. The number of nitrogens with zero attached hydrogens (tertiary/aromatic N) is 1. The number of thiophene rings is 1. The number of rotatable bonds is 6. The molecule has 0 bridgehead atoms. The highest BCUT2D eigenvalue weighted by molar-refractivity contribution is 7.89. The molecule has 1 aromatic heterocycles. The van der Waals surface area contributed by atoms with E-state index in [9.17, 15) is 13.2 Å². The Morgan fingerprint density at radius 2 is 2.29 bits per heavy atom. The van der Waals surface area contributed by atoms with E-state index in [1.807, 2.05) is 0 Å². The number of carbonyl (C=O) groups is 1.